The Labute approximate surface area is 99.1 Å². The van der Waals surface area contributed by atoms with Gasteiger partial charge >= 0.3 is 0 Å². The van der Waals surface area contributed by atoms with Crippen molar-refractivity contribution in [1.82, 2.24) is 4.90 Å². The van der Waals surface area contributed by atoms with E-state index in [0.29, 0.717) is 5.69 Å². The minimum Gasteiger partial charge on any atom is -0.397 e. The van der Waals surface area contributed by atoms with E-state index < -0.39 is 6.23 Å². The molecular formula is C9H10Br2N2O. The average Bonchev–Trinajstić information content (AvgIpc) is 2.39. The molecule has 1 aromatic rings. The van der Waals surface area contributed by atoms with Crippen LogP contribution < -0.4 is 5.73 Å². The molecule has 1 aliphatic rings. The quantitative estimate of drug-likeness (QED) is 0.720. The van der Waals surface area contributed by atoms with Crippen LogP contribution in [0, 0.1) is 0 Å². The maximum atomic E-state index is 9.87. The minimum absolute atomic E-state index is 0.560. The summed E-state index contributed by atoms with van der Waals surface area (Å²) < 4.78 is 1.66. The Bertz CT molecular complexity index is 395. The number of aliphatic hydroxyl groups is 1. The van der Waals surface area contributed by atoms with Gasteiger partial charge in [-0.2, -0.15) is 0 Å². The van der Waals surface area contributed by atoms with E-state index in [4.69, 9.17) is 5.73 Å². The van der Waals surface area contributed by atoms with Crippen LogP contribution in [-0.2, 0) is 6.54 Å². The highest BCUT2D eigenvalue weighted by Crippen LogP contribution is 2.42. The number of aliphatic hydroxyl groups excluding tert-OH is 1. The molecule has 0 radical (unpaired) electrons. The largest absolute Gasteiger partial charge is 0.397 e. The molecule has 0 spiro atoms. The van der Waals surface area contributed by atoms with Crippen molar-refractivity contribution in [3.8, 4) is 0 Å². The van der Waals surface area contributed by atoms with Gasteiger partial charge in [-0.05, 0) is 50.5 Å². The van der Waals surface area contributed by atoms with Crippen molar-refractivity contribution in [2.75, 3.05) is 12.8 Å². The van der Waals surface area contributed by atoms with Gasteiger partial charge in [-0.25, -0.2) is 0 Å². The van der Waals surface area contributed by atoms with Crippen LogP contribution in [0.2, 0.25) is 0 Å². The standard InChI is InChI=1S/C9H10Br2N2O/c1-13-3-4-2-5(10)8(12)7(11)6(4)9(13)14/h2,9,14H,3,12H2,1H3. The first-order chi connectivity index (χ1) is 6.52. The summed E-state index contributed by atoms with van der Waals surface area (Å²) in [7, 11) is 1.88. The predicted octanol–water partition coefficient (Wildman–Crippen LogP) is 2.23. The molecule has 0 aromatic heterocycles. The molecule has 14 heavy (non-hydrogen) atoms. The molecule has 3 nitrogen and oxygen atoms in total. The lowest BCUT2D eigenvalue weighted by Crippen LogP contribution is -2.15. The summed E-state index contributed by atoms with van der Waals surface area (Å²) in [6.45, 7) is 0.744. The van der Waals surface area contributed by atoms with Gasteiger partial charge in [-0.15, -0.1) is 0 Å². The lowest BCUT2D eigenvalue weighted by molar-refractivity contribution is 0.0333. The number of nitrogens with two attached hydrogens (primary N) is 1. The summed E-state index contributed by atoms with van der Waals surface area (Å²) in [5, 5.41) is 9.87. The molecule has 0 fully saturated rings. The summed E-state index contributed by atoms with van der Waals surface area (Å²) in [5.41, 5.74) is 8.46. The van der Waals surface area contributed by atoms with Gasteiger partial charge in [0.15, 0.2) is 0 Å². The van der Waals surface area contributed by atoms with E-state index in [0.717, 1.165) is 26.6 Å². The normalized spacial score (nSPS) is 21.3. The van der Waals surface area contributed by atoms with Gasteiger partial charge in [0.25, 0.3) is 0 Å². The van der Waals surface area contributed by atoms with Gasteiger partial charge in [0.2, 0.25) is 0 Å². The van der Waals surface area contributed by atoms with Gasteiger partial charge in [-0.3, -0.25) is 4.90 Å². The van der Waals surface area contributed by atoms with Crippen molar-refractivity contribution >= 4 is 37.5 Å². The minimum atomic E-state index is -0.560. The second kappa shape index (κ2) is 3.48. The van der Waals surface area contributed by atoms with Crippen LogP contribution in [0.4, 0.5) is 5.69 Å². The first-order valence-corrected chi connectivity index (χ1v) is 5.75. The van der Waals surface area contributed by atoms with Crippen LogP contribution in [0.5, 0.6) is 0 Å². The molecule has 0 aliphatic carbocycles. The highest BCUT2D eigenvalue weighted by Gasteiger charge is 2.29. The Balaban J connectivity index is 2.65. The smallest absolute Gasteiger partial charge is 0.135 e. The molecule has 2 rings (SSSR count). The van der Waals surface area contributed by atoms with E-state index in [1.807, 2.05) is 18.0 Å². The Morgan fingerprint density at radius 2 is 2.21 bits per heavy atom. The molecule has 3 N–H and O–H groups in total. The molecule has 1 unspecified atom stereocenters. The molecule has 0 bridgehead atoms. The Kier molecular flexibility index (Phi) is 2.59. The van der Waals surface area contributed by atoms with Crippen molar-refractivity contribution in [2.45, 2.75) is 12.8 Å². The maximum absolute atomic E-state index is 9.87. The SMILES string of the molecule is CN1Cc2cc(Br)c(N)c(Br)c2C1O. The molecule has 0 amide bonds. The monoisotopic (exact) mass is 320 g/mol. The third kappa shape index (κ3) is 1.39. The van der Waals surface area contributed by atoms with E-state index in [1.54, 1.807) is 0 Å². The fourth-order valence-corrected chi connectivity index (χ4v) is 3.10. The molecule has 1 aliphatic heterocycles. The van der Waals surface area contributed by atoms with Gasteiger partial charge in [-0.1, -0.05) is 0 Å². The zero-order chi connectivity index (χ0) is 10.5. The van der Waals surface area contributed by atoms with E-state index in [-0.39, 0.29) is 0 Å². The number of benzene rings is 1. The third-order valence-electron chi connectivity index (χ3n) is 2.47. The number of halogens is 2. The number of nitrogen functional groups attached to an aromatic ring is 1. The van der Waals surface area contributed by atoms with E-state index in [1.165, 1.54) is 0 Å². The first kappa shape index (κ1) is 10.4. The lowest BCUT2D eigenvalue weighted by atomic mass is 10.1. The van der Waals surface area contributed by atoms with Crippen molar-refractivity contribution in [2.24, 2.45) is 0 Å². The highest BCUT2D eigenvalue weighted by molar-refractivity contribution is 9.11. The Hall–Kier alpha value is -0.100. The fraction of sp³-hybridized carbons (Fsp3) is 0.333. The maximum Gasteiger partial charge on any atom is 0.135 e. The van der Waals surface area contributed by atoms with Crippen molar-refractivity contribution < 1.29 is 5.11 Å². The van der Waals surface area contributed by atoms with E-state index in [9.17, 15) is 5.11 Å². The summed E-state index contributed by atoms with van der Waals surface area (Å²) in [5.74, 6) is 0. The zero-order valence-electron chi connectivity index (χ0n) is 7.59. The van der Waals surface area contributed by atoms with Gasteiger partial charge in [0, 0.05) is 21.1 Å². The van der Waals surface area contributed by atoms with Gasteiger partial charge in [0.1, 0.15) is 6.23 Å². The Morgan fingerprint density at radius 3 is 2.86 bits per heavy atom. The lowest BCUT2D eigenvalue weighted by Gasteiger charge is -2.14. The average molecular weight is 322 g/mol. The number of hydrogen-bond donors (Lipinski definition) is 2. The molecule has 0 saturated carbocycles. The summed E-state index contributed by atoms with van der Waals surface area (Å²) in [4.78, 5) is 1.86. The molecular weight excluding hydrogens is 312 g/mol. The van der Waals surface area contributed by atoms with E-state index in [2.05, 4.69) is 31.9 Å². The topological polar surface area (TPSA) is 49.5 Å². The van der Waals surface area contributed by atoms with Crippen LogP contribution in [0.3, 0.4) is 0 Å². The van der Waals surface area contributed by atoms with Crippen molar-refractivity contribution in [3.05, 3.63) is 26.1 Å². The molecule has 76 valence electrons. The Morgan fingerprint density at radius 1 is 1.57 bits per heavy atom. The van der Waals surface area contributed by atoms with Crippen LogP contribution in [0.1, 0.15) is 17.4 Å². The number of nitrogens with zero attached hydrogens (tertiary/aromatic N) is 1. The summed E-state index contributed by atoms with van der Waals surface area (Å²) in [6, 6.07) is 1.96. The first-order valence-electron chi connectivity index (χ1n) is 4.17. The number of hydrogen-bond acceptors (Lipinski definition) is 3. The van der Waals surface area contributed by atoms with Crippen LogP contribution in [-0.4, -0.2) is 17.1 Å². The van der Waals surface area contributed by atoms with Crippen molar-refractivity contribution in [1.29, 1.82) is 0 Å². The molecule has 0 saturated heterocycles. The summed E-state index contributed by atoms with van der Waals surface area (Å²) in [6.07, 6.45) is -0.560. The zero-order valence-corrected chi connectivity index (χ0v) is 10.8. The van der Waals surface area contributed by atoms with Crippen LogP contribution in [0.25, 0.3) is 0 Å². The number of anilines is 1. The number of rotatable bonds is 0. The molecule has 1 atom stereocenters. The van der Waals surface area contributed by atoms with Crippen LogP contribution in [0.15, 0.2) is 15.0 Å². The van der Waals surface area contributed by atoms with Crippen molar-refractivity contribution in [3.63, 3.8) is 0 Å². The molecule has 1 heterocycles. The van der Waals surface area contributed by atoms with E-state index >= 15 is 0 Å². The molecule has 1 aromatic carbocycles. The highest BCUT2D eigenvalue weighted by atomic mass is 79.9. The number of fused-ring (bicyclic) bond motifs is 1. The van der Waals surface area contributed by atoms with Crippen LogP contribution >= 0.6 is 31.9 Å². The fourth-order valence-electron chi connectivity index (χ4n) is 1.68. The third-order valence-corrected chi connectivity index (χ3v) is 3.98. The molecule has 5 heteroatoms. The second-order valence-electron chi connectivity index (χ2n) is 3.45. The predicted molar refractivity (Wildman–Crippen MR) is 62.7 cm³/mol. The van der Waals surface area contributed by atoms with Gasteiger partial charge < -0.3 is 10.8 Å². The van der Waals surface area contributed by atoms with Gasteiger partial charge in [0.05, 0.1) is 5.69 Å². The summed E-state index contributed by atoms with van der Waals surface area (Å²) >= 11 is 6.79. The second-order valence-corrected chi connectivity index (χ2v) is 5.09.